The number of hydrogen-bond donors (Lipinski definition) is 2. The molecule has 0 aliphatic heterocycles. The molecule has 0 heterocycles. The van der Waals surface area contributed by atoms with Gasteiger partial charge in [-0.15, -0.1) is 0 Å². The number of benzene rings is 2. The summed E-state index contributed by atoms with van der Waals surface area (Å²) in [6.45, 7) is 0.0521. The molecule has 122 valence electrons. The standard InChI is InChI=1S/C18H21NO3S/c20-18(11-10-16-8-4-5-9-17(16)12-18)14-19-23(21,22)13-15-6-2-1-3-7-15/h1-9,19-20H,10-14H2. The van der Waals surface area contributed by atoms with E-state index in [1.807, 2.05) is 36.4 Å². The highest BCUT2D eigenvalue weighted by Crippen LogP contribution is 2.28. The molecule has 0 aromatic heterocycles. The van der Waals surface area contributed by atoms with Gasteiger partial charge in [0.1, 0.15) is 0 Å². The topological polar surface area (TPSA) is 66.4 Å². The molecule has 23 heavy (non-hydrogen) atoms. The minimum atomic E-state index is -3.46. The Labute approximate surface area is 137 Å². The molecule has 1 aliphatic carbocycles. The molecule has 0 spiro atoms. The summed E-state index contributed by atoms with van der Waals surface area (Å²) in [4.78, 5) is 0. The molecule has 2 aromatic rings. The second kappa shape index (κ2) is 6.43. The van der Waals surface area contributed by atoms with Crippen LogP contribution in [0.25, 0.3) is 0 Å². The highest BCUT2D eigenvalue weighted by atomic mass is 32.2. The minimum absolute atomic E-state index is 0.0521. The van der Waals surface area contributed by atoms with Crippen molar-refractivity contribution in [2.24, 2.45) is 0 Å². The van der Waals surface area contributed by atoms with Crippen LogP contribution in [0, 0.1) is 0 Å². The average molecular weight is 331 g/mol. The Morgan fingerprint density at radius 3 is 2.39 bits per heavy atom. The fraction of sp³-hybridized carbons (Fsp3) is 0.333. The number of fused-ring (bicyclic) bond motifs is 1. The summed E-state index contributed by atoms with van der Waals surface area (Å²) < 4.78 is 27.0. The lowest BCUT2D eigenvalue weighted by molar-refractivity contribution is 0.0317. The number of aryl methyl sites for hydroxylation is 1. The van der Waals surface area contributed by atoms with Gasteiger partial charge in [0, 0.05) is 13.0 Å². The lowest BCUT2D eigenvalue weighted by Crippen LogP contribution is -2.46. The summed E-state index contributed by atoms with van der Waals surface area (Å²) in [5.74, 6) is -0.0689. The van der Waals surface area contributed by atoms with Crippen molar-refractivity contribution in [3.8, 4) is 0 Å². The van der Waals surface area contributed by atoms with Crippen molar-refractivity contribution in [3.05, 3.63) is 71.3 Å². The van der Waals surface area contributed by atoms with Crippen LogP contribution in [-0.4, -0.2) is 25.7 Å². The van der Waals surface area contributed by atoms with E-state index < -0.39 is 15.6 Å². The highest BCUT2D eigenvalue weighted by Gasteiger charge is 2.33. The molecule has 2 aromatic carbocycles. The van der Waals surface area contributed by atoms with E-state index in [1.54, 1.807) is 12.1 Å². The highest BCUT2D eigenvalue weighted by molar-refractivity contribution is 7.88. The van der Waals surface area contributed by atoms with Gasteiger partial charge < -0.3 is 5.11 Å². The quantitative estimate of drug-likeness (QED) is 0.881. The van der Waals surface area contributed by atoms with E-state index in [1.165, 1.54) is 5.56 Å². The Balaban J connectivity index is 1.64. The first-order valence-corrected chi connectivity index (χ1v) is 9.41. The monoisotopic (exact) mass is 331 g/mol. The lowest BCUT2D eigenvalue weighted by atomic mass is 9.80. The first-order chi connectivity index (χ1) is 11.0. The van der Waals surface area contributed by atoms with E-state index in [0.717, 1.165) is 17.5 Å². The zero-order chi connectivity index (χ0) is 16.3. The van der Waals surface area contributed by atoms with E-state index in [2.05, 4.69) is 10.8 Å². The first kappa shape index (κ1) is 16.2. The molecule has 5 heteroatoms. The van der Waals surface area contributed by atoms with Crippen LogP contribution in [0.4, 0.5) is 0 Å². The number of hydrogen-bond acceptors (Lipinski definition) is 3. The predicted molar refractivity (Wildman–Crippen MR) is 90.5 cm³/mol. The van der Waals surface area contributed by atoms with E-state index in [4.69, 9.17) is 0 Å². The van der Waals surface area contributed by atoms with Crippen molar-refractivity contribution < 1.29 is 13.5 Å². The molecular weight excluding hydrogens is 310 g/mol. The van der Waals surface area contributed by atoms with Gasteiger partial charge in [0.25, 0.3) is 0 Å². The van der Waals surface area contributed by atoms with Gasteiger partial charge in [-0.3, -0.25) is 0 Å². The van der Waals surface area contributed by atoms with Gasteiger partial charge in [-0.1, -0.05) is 54.6 Å². The number of rotatable bonds is 5. The number of aliphatic hydroxyl groups is 1. The Kier molecular flexibility index (Phi) is 4.53. The van der Waals surface area contributed by atoms with Crippen molar-refractivity contribution in [1.82, 2.24) is 4.72 Å². The molecule has 2 N–H and O–H groups in total. The van der Waals surface area contributed by atoms with Gasteiger partial charge in [-0.25, -0.2) is 13.1 Å². The van der Waals surface area contributed by atoms with E-state index in [0.29, 0.717) is 12.8 Å². The minimum Gasteiger partial charge on any atom is -0.388 e. The molecule has 0 amide bonds. The summed E-state index contributed by atoms with van der Waals surface area (Å²) in [6.07, 6.45) is 1.82. The SMILES string of the molecule is O=S(=O)(Cc1ccccc1)NCC1(O)CCc2ccccc2C1. The van der Waals surface area contributed by atoms with Crippen molar-refractivity contribution in [2.75, 3.05) is 6.54 Å². The van der Waals surface area contributed by atoms with Crippen LogP contribution in [-0.2, 0) is 28.6 Å². The molecule has 1 aliphatic rings. The molecule has 0 fully saturated rings. The third-order valence-electron chi connectivity index (χ3n) is 4.32. The molecule has 0 radical (unpaired) electrons. The smallest absolute Gasteiger partial charge is 0.215 e. The zero-order valence-electron chi connectivity index (χ0n) is 12.9. The predicted octanol–water partition coefficient (Wildman–Crippen LogP) is 2.03. The number of sulfonamides is 1. The summed E-state index contributed by atoms with van der Waals surface area (Å²) in [7, 11) is -3.46. The van der Waals surface area contributed by atoms with E-state index in [9.17, 15) is 13.5 Å². The lowest BCUT2D eigenvalue weighted by Gasteiger charge is -2.33. The Hall–Kier alpha value is -1.69. The first-order valence-electron chi connectivity index (χ1n) is 7.76. The van der Waals surface area contributed by atoms with Crippen LogP contribution in [0.15, 0.2) is 54.6 Å². The summed E-state index contributed by atoms with van der Waals surface area (Å²) >= 11 is 0. The van der Waals surface area contributed by atoms with Gasteiger partial charge >= 0.3 is 0 Å². The van der Waals surface area contributed by atoms with E-state index >= 15 is 0 Å². The van der Waals surface area contributed by atoms with Gasteiger partial charge in [0.15, 0.2) is 0 Å². The molecule has 0 saturated carbocycles. The fourth-order valence-corrected chi connectivity index (χ4v) is 4.25. The van der Waals surface area contributed by atoms with Crippen molar-refractivity contribution in [2.45, 2.75) is 30.6 Å². The van der Waals surface area contributed by atoms with Crippen molar-refractivity contribution in [3.63, 3.8) is 0 Å². The van der Waals surface area contributed by atoms with Crippen molar-refractivity contribution >= 4 is 10.0 Å². The Morgan fingerprint density at radius 1 is 1.00 bits per heavy atom. The third kappa shape index (κ3) is 4.19. The maximum Gasteiger partial charge on any atom is 0.215 e. The Morgan fingerprint density at radius 2 is 1.65 bits per heavy atom. The van der Waals surface area contributed by atoms with Gasteiger partial charge in [0.05, 0.1) is 11.4 Å². The summed E-state index contributed by atoms with van der Waals surface area (Å²) in [5, 5.41) is 10.7. The molecule has 0 bridgehead atoms. The van der Waals surface area contributed by atoms with Crippen LogP contribution >= 0.6 is 0 Å². The summed E-state index contributed by atoms with van der Waals surface area (Å²) in [6, 6.07) is 17.1. The van der Waals surface area contributed by atoms with Gasteiger partial charge in [0.2, 0.25) is 10.0 Å². The maximum absolute atomic E-state index is 12.2. The second-order valence-corrected chi connectivity index (χ2v) is 8.04. The van der Waals surface area contributed by atoms with Crippen LogP contribution in [0.5, 0.6) is 0 Å². The molecular formula is C18H21NO3S. The molecule has 1 atom stereocenters. The number of nitrogens with one attached hydrogen (secondary N) is 1. The zero-order valence-corrected chi connectivity index (χ0v) is 13.7. The normalized spacial score (nSPS) is 20.9. The van der Waals surface area contributed by atoms with Crippen LogP contribution in [0.2, 0.25) is 0 Å². The van der Waals surface area contributed by atoms with Crippen molar-refractivity contribution in [1.29, 1.82) is 0 Å². The van der Waals surface area contributed by atoms with Gasteiger partial charge in [-0.05, 0) is 29.5 Å². The average Bonchev–Trinajstić information content (AvgIpc) is 2.54. The Bertz CT molecular complexity index is 774. The maximum atomic E-state index is 12.2. The largest absolute Gasteiger partial charge is 0.388 e. The molecule has 4 nitrogen and oxygen atoms in total. The van der Waals surface area contributed by atoms with Crippen LogP contribution in [0.1, 0.15) is 23.1 Å². The van der Waals surface area contributed by atoms with E-state index in [-0.39, 0.29) is 12.3 Å². The second-order valence-electron chi connectivity index (χ2n) is 6.24. The summed E-state index contributed by atoms with van der Waals surface area (Å²) in [5.41, 5.74) is 2.06. The van der Waals surface area contributed by atoms with Gasteiger partial charge in [-0.2, -0.15) is 0 Å². The van der Waals surface area contributed by atoms with Crippen LogP contribution < -0.4 is 4.72 Å². The molecule has 3 rings (SSSR count). The van der Waals surface area contributed by atoms with Crippen LogP contribution in [0.3, 0.4) is 0 Å². The molecule has 1 unspecified atom stereocenters. The fourth-order valence-electron chi connectivity index (χ4n) is 3.02. The third-order valence-corrected chi connectivity index (χ3v) is 5.62. The molecule has 0 saturated heterocycles.